The molecule has 0 atom stereocenters. The largest absolute Gasteiger partial charge is 0.470 e. The van der Waals surface area contributed by atoms with Gasteiger partial charge in [-0.15, -0.1) is 10.2 Å². The Morgan fingerprint density at radius 2 is 1.78 bits per heavy atom. The number of benzene rings is 1. The van der Waals surface area contributed by atoms with Crippen LogP contribution in [0.5, 0.6) is 0 Å². The van der Waals surface area contributed by atoms with E-state index in [1.54, 1.807) is 30.3 Å². The van der Waals surface area contributed by atoms with Crippen molar-refractivity contribution in [3.8, 4) is 11.6 Å². The van der Waals surface area contributed by atoms with Gasteiger partial charge in [-0.25, -0.2) is 13.4 Å². The van der Waals surface area contributed by atoms with Gasteiger partial charge in [0.1, 0.15) is 5.69 Å². The third-order valence-corrected chi connectivity index (χ3v) is 4.48. The van der Waals surface area contributed by atoms with E-state index in [1.807, 2.05) is 0 Å². The Hall–Kier alpha value is -3.02. The number of sulfonamides is 1. The minimum absolute atomic E-state index is 0.0626. The highest BCUT2D eigenvalue weighted by molar-refractivity contribution is 7.92. The van der Waals surface area contributed by atoms with E-state index in [4.69, 9.17) is 0 Å². The summed E-state index contributed by atoms with van der Waals surface area (Å²) in [5.74, 6) is -1.93. The summed E-state index contributed by atoms with van der Waals surface area (Å²) in [5, 5.41) is 6.19. The van der Waals surface area contributed by atoms with Crippen LogP contribution < -0.4 is 4.31 Å². The first kappa shape index (κ1) is 18.8. The summed E-state index contributed by atoms with van der Waals surface area (Å²) in [5.41, 5.74) is 0.661. The Balaban J connectivity index is 1.83. The topological polar surface area (TPSA) is 102 Å². The van der Waals surface area contributed by atoms with E-state index in [0.717, 1.165) is 16.8 Å². The lowest BCUT2D eigenvalue weighted by Gasteiger charge is -2.21. The fourth-order valence-electron chi connectivity index (χ4n) is 2.13. The van der Waals surface area contributed by atoms with Crippen LogP contribution in [0.25, 0.3) is 11.6 Å². The fraction of sp³-hybridized carbons (Fsp3) is 0.200. The molecule has 0 spiro atoms. The molecule has 3 rings (SSSR count). The quantitative estimate of drug-likeness (QED) is 0.650. The van der Waals surface area contributed by atoms with E-state index >= 15 is 0 Å². The van der Waals surface area contributed by atoms with E-state index in [-0.39, 0.29) is 17.9 Å². The molecule has 0 unspecified atom stereocenters. The predicted octanol–water partition coefficient (Wildman–Crippen LogP) is 2.51. The molecular weight excluding hydrogens is 387 g/mol. The third kappa shape index (κ3) is 4.39. The van der Waals surface area contributed by atoms with Crippen LogP contribution in [-0.4, -0.2) is 34.8 Å². The summed E-state index contributed by atoms with van der Waals surface area (Å²) in [7, 11) is -3.59. The van der Waals surface area contributed by atoms with E-state index in [9.17, 15) is 21.6 Å². The highest BCUT2D eigenvalue weighted by Crippen LogP contribution is 2.29. The first-order valence-electron chi connectivity index (χ1n) is 7.39. The number of hydrogen-bond donors (Lipinski definition) is 0. The third-order valence-electron chi connectivity index (χ3n) is 3.34. The average molecular weight is 399 g/mol. The van der Waals surface area contributed by atoms with Gasteiger partial charge in [-0.2, -0.15) is 13.2 Å². The fourth-order valence-corrected chi connectivity index (χ4v) is 3.00. The SMILES string of the molecule is CS(=O)(=O)N(Cc1cnc(-c2nnc(C(F)(F)F)o2)cn1)c1ccccc1. The first-order valence-corrected chi connectivity index (χ1v) is 9.24. The van der Waals surface area contributed by atoms with Crippen LogP contribution in [0.4, 0.5) is 18.9 Å². The Morgan fingerprint density at radius 1 is 1.07 bits per heavy atom. The van der Waals surface area contributed by atoms with Crippen LogP contribution in [-0.2, 0) is 22.7 Å². The second-order valence-corrected chi connectivity index (χ2v) is 7.32. The lowest BCUT2D eigenvalue weighted by molar-refractivity contribution is -0.156. The monoisotopic (exact) mass is 399 g/mol. The van der Waals surface area contributed by atoms with Gasteiger partial charge in [0.15, 0.2) is 0 Å². The van der Waals surface area contributed by atoms with Crippen molar-refractivity contribution in [3.05, 3.63) is 54.3 Å². The van der Waals surface area contributed by atoms with Gasteiger partial charge < -0.3 is 4.42 Å². The molecule has 0 bridgehead atoms. The van der Waals surface area contributed by atoms with E-state index in [1.165, 1.54) is 6.20 Å². The van der Waals surface area contributed by atoms with Crippen LogP contribution in [0.15, 0.2) is 47.1 Å². The molecule has 0 amide bonds. The van der Waals surface area contributed by atoms with Crippen molar-refractivity contribution in [2.24, 2.45) is 0 Å². The van der Waals surface area contributed by atoms with Gasteiger partial charge in [0.2, 0.25) is 10.0 Å². The van der Waals surface area contributed by atoms with Crippen LogP contribution in [0.1, 0.15) is 11.6 Å². The van der Waals surface area contributed by atoms with Crippen molar-refractivity contribution in [3.63, 3.8) is 0 Å². The minimum Gasteiger partial charge on any atom is -0.411 e. The molecule has 12 heteroatoms. The van der Waals surface area contributed by atoms with Gasteiger partial charge in [0, 0.05) is 0 Å². The van der Waals surface area contributed by atoms with Crippen molar-refractivity contribution in [2.75, 3.05) is 10.6 Å². The summed E-state index contributed by atoms with van der Waals surface area (Å²) in [6, 6.07) is 8.38. The van der Waals surface area contributed by atoms with Gasteiger partial charge in [0.25, 0.3) is 5.89 Å². The van der Waals surface area contributed by atoms with Gasteiger partial charge in [-0.05, 0) is 12.1 Å². The van der Waals surface area contributed by atoms with Crippen LogP contribution >= 0.6 is 0 Å². The molecule has 0 aliphatic rings. The molecule has 2 aromatic heterocycles. The van der Waals surface area contributed by atoms with Crippen molar-refractivity contribution < 1.29 is 26.0 Å². The zero-order valence-electron chi connectivity index (χ0n) is 13.8. The van der Waals surface area contributed by atoms with Gasteiger partial charge in [0.05, 0.1) is 36.6 Å². The molecule has 0 N–H and O–H groups in total. The molecular formula is C15H12F3N5O3S. The van der Waals surface area contributed by atoms with E-state index in [2.05, 4.69) is 24.6 Å². The highest BCUT2D eigenvalue weighted by Gasteiger charge is 2.38. The molecule has 0 saturated heterocycles. The summed E-state index contributed by atoms with van der Waals surface area (Å²) in [4.78, 5) is 7.95. The van der Waals surface area contributed by atoms with Gasteiger partial charge in [-0.3, -0.25) is 9.29 Å². The first-order chi connectivity index (χ1) is 12.6. The normalized spacial score (nSPS) is 12.1. The molecule has 0 radical (unpaired) electrons. The van der Waals surface area contributed by atoms with Gasteiger partial charge in [-0.1, -0.05) is 18.2 Å². The number of rotatable bonds is 5. The summed E-state index contributed by atoms with van der Waals surface area (Å²) in [6.45, 7) is -0.103. The van der Waals surface area contributed by atoms with Crippen LogP contribution in [0.2, 0.25) is 0 Å². The standard InChI is InChI=1S/C15H12F3N5O3S/c1-27(24,25)23(11-5-3-2-4-6-11)9-10-7-20-12(8-19-10)13-21-22-14(26-13)15(16,17)18/h2-8H,9H2,1H3. The molecule has 0 fully saturated rings. The molecule has 27 heavy (non-hydrogen) atoms. The number of alkyl halides is 3. The smallest absolute Gasteiger partial charge is 0.411 e. The molecule has 0 saturated carbocycles. The number of nitrogens with zero attached hydrogens (tertiary/aromatic N) is 5. The summed E-state index contributed by atoms with van der Waals surface area (Å²) >= 11 is 0. The summed E-state index contributed by atoms with van der Waals surface area (Å²) < 4.78 is 67.3. The second-order valence-electron chi connectivity index (χ2n) is 5.41. The molecule has 8 nitrogen and oxygen atoms in total. The number of aromatic nitrogens is 4. The van der Waals surface area contributed by atoms with Crippen molar-refractivity contribution in [1.82, 2.24) is 20.2 Å². The maximum absolute atomic E-state index is 12.5. The molecule has 142 valence electrons. The lowest BCUT2D eigenvalue weighted by Crippen LogP contribution is -2.29. The zero-order valence-corrected chi connectivity index (χ0v) is 14.6. The summed E-state index contributed by atoms with van der Waals surface area (Å²) in [6.07, 6.45) is -1.34. The Bertz CT molecular complexity index is 1020. The minimum atomic E-state index is -4.76. The number of anilines is 1. The van der Waals surface area contributed by atoms with Crippen LogP contribution in [0.3, 0.4) is 0 Å². The van der Waals surface area contributed by atoms with Crippen molar-refractivity contribution >= 4 is 15.7 Å². The van der Waals surface area contributed by atoms with E-state index < -0.39 is 28.0 Å². The predicted molar refractivity (Wildman–Crippen MR) is 87.8 cm³/mol. The Morgan fingerprint density at radius 3 is 2.30 bits per heavy atom. The van der Waals surface area contributed by atoms with Crippen LogP contribution in [0, 0.1) is 0 Å². The van der Waals surface area contributed by atoms with E-state index in [0.29, 0.717) is 5.69 Å². The molecule has 2 heterocycles. The van der Waals surface area contributed by atoms with Gasteiger partial charge >= 0.3 is 12.1 Å². The van der Waals surface area contributed by atoms with Crippen molar-refractivity contribution in [2.45, 2.75) is 12.7 Å². The number of halogens is 3. The lowest BCUT2D eigenvalue weighted by atomic mass is 10.3. The number of para-hydroxylation sites is 1. The second kappa shape index (κ2) is 6.95. The maximum Gasteiger partial charge on any atom is 0.470 e. The molecule has 0 aliphatic carbocycles. The molecule has 3 aromatic rings. The Labute approximate surface area is 151 Å². The molecule has 1 aromatic carbocycles. The highest BCUT2D eigenvalue weighted by atomic mass is 32.2. The molecule has 0 aliphatic heterocycles. The number of hydrogen-bond acceptors (Lipinski definition) is 7. The maximum atomic E-state index is 12.5. The van der Waals surface area contributed by atoms with Crippen molar-refractivity contribution in [1.29, 1.82) is 0 Å². The Kier molecular flexibility index (Phi) is 4.83. The average Bonchev–Trinajstić information content (AvgIpc) is 3.10. The zero-order chi connectivity index (χ0) is 19.7.